The van der Waals surface area contributed by atoms with E-state index in [4.69, 9.17) is 9.73 Å². The second-order valence-electron chi connectivity index (χ2n) is 0.0962. The molecular formula is H4BLiO4. The molecule has 0 aromatic carbocycles. The zero-order valence-electron chi connectivity index (χ0n) is 3.39. The van der Waals surface area contributed by atoms with E-state index < -0.39 is 7.35 Å². The van der Waals surface area contributed by atoms with Crippen molar-refractivity contribution < 1.29 is 39.5 Å². The molecule has 0 aliphatic rings. The van der Waals surface area contributed by atoms with Crippen LogP contribution in [0.15, 0.2) is 0 Å². The predicted octanol–water partition coefficient (Wildman–Crippen LogP) is -6.33. The summed E-state index contributed by atoms with van der Waals surface area (Å²) >= 11 is 0. The van der Waals surface area contributed by atoms with Crippen molar-refractivity contribution in [3.63, 3.8) is 0 Å². The Morgan fingerprint density at radius 3 is 1.33 bits per heavy atom. The molecule has 0 heterocycles. The molecule has 4 N–H and O–H groups in total. The molecule has 0 fully saturated rings. The summed E-state index contributed by atoms with van der Waals surface area (Å²) in [5.41, 5.74) is 0. The molecule has 4 nitrogen and oxygen atoms in total. The van der Waals surface area contributed by atoms with Crippen LogP contribution < -0.4 is 23.9 Å². The SMILES string of the molecule is O.O.O=B[O-].[Li+]. The molecule has 6 heteroatoms. The van der Waals surface area contributed by atoms with Gasteiger partial charge in [-0.05, 0) is 0 Å². The normalized spacial score (nSPS) is 1.33. The van der Waals surface area contributed by atoms with Gasteiger partial charge in [0, 0.05) is 0 Å². The molecule has 0 saturated carbocycles. The molecule has 0 bridgehead atoms. The van der Waals surface area contributed by atoms with E-state index >= 15 is 0 Å². The fourth-order valence-electron chi connectivity index (χ4n) is 0. The third-order valence-corrected chi connectivity index (χ3v) is 0. The number of rotatable bonds is 0. The first-order chi connectivity index (χ1) is 1.41. The number of hydrogen-bond donors (Lipinski definition) is 0. The third-order valence-electron chi connectivity index (χ3n) is 0. The summed E-state index contributed by atoms with van der Waals surface area (Å²) in [6.07, 6.45) is 0. The Kier molecular flexibility index (Phi) is 377. The van der Waals surface area contributed by atoms with Crippen molar-refractivity contribution in [1.29, 1.82) is 0 Å². The van der Waals surface area contributed by atoms with Crippen LogP contribution in [-0.2, 0) is 4.70 Å². The fourth-order valence-corrected chi connectivity index (χ4v) is 0. The first-order valence-electron chi connectivity index (χ1n) is 0.471. The van der Waals surface area contributed by atoms with Crippen LogP contribution in [0.3, 0.4) is 0 Å². The van der Waals surface area contributed by atoms with Gasteiger partial charge in [0.2, 0.25) is 0 Å². The maximum atomic E-state index is 8.25. The van der Waals surface area contributed by atoms with Crippen molar-refractivity contribution in [3.8, 4) is 0 Å². The Morgan fingerprint density at radius 1 is 1.33 bits per heavy atom. The largest absolute Gasteiger partial charge is 1.00 e. The Labute approximate surface area is 47.6 Å². The van der Waals surface area contributed by atoms with E-state index in [-0.39, 0.29) is 29.8 Å². The van der Waals surface area contributed by atoms with Gasteiger partial charge in [0.25, 0.3) is 0 Å². The molecule has 0 saturated heterocycles. The van der Waals surface area contributed by atoms with E-state index in [1.807, 2.05) is 0 Å². The minimum absolute atomic E-state index is 0. The summed E-state index contributed by atoms with van der Waals surface area (Å²) in [4.78, 5) is 0. The zero-order valence-corrected chi connectivity index (χ0v) is 3.39. The van der Waals surface area contributed by atoms with Gasteiger partial charge in [0.05, 0.1) is 0 Å². The second kappa shape index (κ2) is 64.8. The van der Waals surface area contributed by atoms with Gasteiger partial charge in [0.1, 0.15) is 0 Å². The van der Waals surface area contributed by atoms with Crippen molar-refractivity contribution in [1.82, 2.24) is 0 Å². The van der Waals surface area contributed by atoms with Crippen molar-refractivity contribution in [2.24, 2.45) is 0 Å². The summed E-state index contributed by atoms with van der Waals surface area (Å²) in [5, 5.41) is 8.25. The summed E-state index contributed by atoms with van der Waals surface area (Å²) in [5.74, 6) is 0. The van der Waals surface area contributed by atoms with Crippen LogP contribution in [0.5, 0.6) is 0 Å². The molecule has 0 rings (SSSR count). The predicted molar refractivity (Wildman–Crippen MR) is 13.7 cm³/mol. The first kappa shape index (κ1) is 34.9. The van der Waals surface area contributed by atoms with Gasteiger partial charge < -0.3 is 11.0 Å². The monoisotopic (exact) mass is 86.0 g/mol. The Hall–Kier alpha value is 0.182. The molecule has 32 valence electrons. The molecule has 0 aliphatic heterocycles. The average Bonchev–Trinajstić information content (AvgIpc) is 0.918. The summed E-state index contributed by atoms with van der Waals surface area (Å²) in [6, 6.07) is 0. The summed E-state index contributed by atoms with van der Waals surface area (Å²) < 4.78 is 8.25. The van der Waals surface area contributed by atoms with E-state index in [1.165, 1.54) is 0 Å². The van der Waals surface area contributed by atoms with E-state index in [1.54, 1.807) is 0 Å². The van der Waals surface area contributed by atoms with Crippen LogP contribution in [0.1, 0.15) is 0 Å². The van der Waals surface area contributed by atoms with Crippen LogP contribution in [-0.4, -0.2) is 18.3 Å². The van der Waals surface area contributed by atoms with Gasteiger partial charge in [-0.3, -0.25) is 0 Å². The summed E-state index contributed by atoms with van der Waals surface area (Å²) in [7, 11) is -0.500. The average molecular weight is 85.8 g/mol. The Morgan fingerprint density at radius 2 is 1.33 bits per heavy atom. The molecule has 0 spiro atoms. The van der Waals surface area contributed by atoms with Gasteiger partial charge >= 0.3 is 35.9 Å². The molecule has 0 atom stereocenters. The van der Waals surface area contributed by atoms with Crippen LogP contribution in [0.25, 0.3) is 0 Å². The van der Waals surface area contributed by atoms with Crippen LogP contribution in [0.4, 0.5) is 0 Å². The molecule has 0 radical (unpaired) electrons. The third kappa shape index (κ3) is 1270. The van der Waals surface area contributed by atoms with E-state index in [0.717, 1.165) is 0 Å². The van der Waals surface area contributed by atoms with Crippen molar-refractivity contribution in [3.05, 3.63) is 0 Å². The molecule has 0 amide bonds. The zero-order chi connectivity index (χ0) is 2.71. The molecule has 0 aromatic heterocycles. The van der Waals surface area contributed by atoms with Gasteiger partial charge in [-0.15, -0.1) is 0 Å². The van der Waals surface area contributed by atoms with Gasteiger partial charge in [-0.2, -0.15) is 0 Å². The molecule has 0 aromatic rings. The quantitative estimate of drug-likeness (QED) is 0.273. The van der Waals surface area contributed by atoms with Crippen molar-refractivity contribution in [2.75, 3.05) is 0 Å². The topological polar surface area (TPSA) is 103 Å². The molecule has 6 heavy (non-hydrogen) atoms. The standard InChI is InChI=1S/BO2.Li.2H2O/c2-1-3;;;/h;;2*1H2/q-1;+1;;. The van der Waals surface area contributed by atoms with E-state index in [9.17, 15) is 0 Å². The summed E-state index contributed by atoms with van der Waals surface area (Å²) in [6.45, 7) is 0. The van der Waals surface area contributed by atoms with Gasteiger partial charge in [0.15, 0.2) is 0 Å². The van der Waals surface area contributed by atoms with Crippen LogP contribution in [0.2, 0.25) is 0 Å². The fraction of sp³-hybridized carbons (Fsp3) is 0. The Balaban J connectivity index is -0.00000000667. The van der Waals surface area contributed by atoms with Crippen LogP contribution in [0, 0.1) is 0 Å². The molecule has 0 aliphatic carbocycles. The van der Waals surface area contributed by atoms with Crippen LogP contribution >= 0.6 is 0 Å². The first-order valence-corrected chi connectivity index (χ1v) is 0.471. The maximum Gasteiger partial charge on any atom is 1.00 e. The van der Waals surface area contributed by atoms with E-state index in [2.05, 4.69) is 0 Å². The number of hydrogen-bond acceptors (Lipinski definition) is 2. The van der Waals surface area contributed by atoms with E-state index in [0.29, 0.717) is 0 Å². The van der Waals surface area contributed by atoms with Crippen molar-refractivity contribution >= 4 is 7.35 Å². The molecule has 0 unspecified atom stereocenters. The smallest absolute Gasteiger partial charge is 1.00 e. The Bertz CT molecular complexity index is 15.0. The minimum atomic E-state index is -0.500. The maximum absolute atomic E-state index is 8.25. The molecular weight excluding hydrogens is 81.7 g/mol. The van der Waals surface area contributed by atoms with Gasteiger partial charge in [-0.1, -0.05) is 0 Å². The minimum Gasteiger partial charge on any atom is 1.00 e. The van der Waals surface area contributed by atoms with Gasteiger partial charge in [-0.25, -0.2) is 0 Å². The second-order valence-corrected chi connectivity index (χ2v) is 0.0962. The van der Waals surface area contributed by atoms with Crippen molar-refractivity contribution in [2.45, 2.75) is 0 Å².